The summed E-state index contributed by atoms with van der Waals surface area (Å²) in [5, 5.41) is 1.25. The van der Waals surface area contributed by atoms with Crippen LogP contribution in [0.3, 0.4) is 0 Å². The van der Waals surface area contributed by atoms with Crippen molar-refractivity contribution in [3.8, 4) is 0 Å². The number of rotatable bonds is 4. The Morgan fingerprint density at radius 1 is 0.969 bits per heavy atom. The summed E-state index contributed by atoms with van der Waals surface area (Å²) in [7, 11) is -3.80. The van der Waals surface area contributed by atoms with E-state index >= 15 is 0 Å². The van der Waals surface area contributed by atoms with E-state index in [1.54, 1.807) is 11.0 Å². The first kappa shape index (κ1) is 21.6. The molecule has 1 saturated heterocycles. The molecule has 1 aliphatic heterocycles. The number of hydrogen-bond donors (Lipinski definition) is 0. The van der Waals surface area contributed by atoms with Crippen molar-refractivity contribution in [2.45, 2.75) is 23.7 Å². The van der Waals surface area contributed by atoms with Gasteiger partial charge < -0.3 is 4.90 Å². The Hall–Kier alpha value is -2.19. The molecule has 0 spiro atoms. The lowest BCUT2D eigenvalue weighted by Crippen LogP contribution is -2.50. The third-order valence-electron chi connectivity index (χ3n) is 6.00. The van der Waals surface area contributed by atoms with E-state index in [1.807, 2.05) is 30.3 Å². The van der Waals surface area contributed by atoms with Crippen LogP contribution in [0.2, 0.25) is 10.0 Å². The molecule has 166 valence electrons. The van der Waals surface area contributed by atoms with Crippen molar-refractivity contribution in [2.75, 3.05) is 26.2 Å². The molecule has 1 aliphatic carbocycles. The maximum Gasteiger partial charge on any atom is 0.254 e. The third-order valence-corrected chi connectivity index (χ3v) is 8.61. The summed E-state index contributed by atoms with van der Waals surface area (Å²) in [6, 6.07) is 14.0. The molecule has 1 amide bonds. The fourth-order valence-electron chi connectivity index (χ4n) is 4.08. The number of hydrogen-bond acceptors (Lipinski definition) is 4. The number of benzene rings is 2. The number of carbonyl (C=O) groups is 1. The normalized spacial score (nSPS) is 17.6. The minimum absolute atomic E-state index is 0.0133. The highest BCUT2D eigenvalue weighted by atomic mass is 35.5. The van der Waals surface area contributed by atoms with Crippen molar-refractivity contribution in [3.05, 3.63) is 69.8 Å². The van der Waals surface area contributed by atoms with E-state index in [0.717, 1.165) is 29.4 Å². The Morgan fingerprint density at radius 2 is 1.69 bits per heavy atom. The molecule has 32 heavy (non-hydrogen) atoms. The molecule has 2 heterocycles. The number of halogens is 2. The SMILES string of the molecule is O=C(c1cc(C2CC2)nc2ccccc12)N1CCN(S(=O)(=O)c2cc(Cl)ccc2Cl)CC1. The number of nitrogens with zero attached hydrogens (tertiary/aromatic N) is 3. The Labute approximate surface area is 196 Å². The maximum absolute atomic E-state index is 13.4. The molecule has 9 heteroatoms. The zero-order valence-electron chi connectivity index (χ0n) is 17.2. The summed E-state index contributed by atoms with van der Waals surface area (Å²) in [6.45, 7) is 0.974. The average Bonchev–Trinajstić information content (AvgIpc) is 3.65. The molecule has 2 fully saturated rings. The molecule has 0 N–H and O–H groups in total. The number of amides is 1. The van der Waals surface area contributed by atoms with Crippen LogP contribution in [0.4, 0.5) is 0 Å². The minimum Gasteiger partial charge on any atom is -0.336 e. The molecular weight excluding hydrogens is 469 g/mol. The van der Waals surface area contributed by atoms with Crippen LogP contribution >= 0.6 is 23.2 Å². The smallest absolute Gasteiger partial charge is 0.254 e. The Balaban J connectivity index is 1.38. The summed E-state index contributed by atoms with van der Waals surface area (Å²) in [6.07, 6.45) is 2.20. The quantitative estimate of drug-likeness (QED) is 0.538. The standard InChI is InChI=1S/C23H21Cl2N3O3S/c24-16-7-8-19(25)22(13-16)32(30,31)28-11-9-27(10-12-28)23(29)18-14-21(15-5-6-15)26-20-4-2-1-3-17(18)20/h1-4,7-8,13-15H,5-6,9-12H2. The predicted molar refractivity (Wildman–Crippen MR) is 125 cm³/mol. The fourth-order valence-corrected chi connectivity index (χ4v) is 6.24. The van der Waals surface area contributed by atoms with Gasteiger partial charge in [-0.25, -0.2) is 8.42 Å². The summed E-state index contributed by atoms with van der Waals surface area (Å²) in [5.74, 6) is 0.332. The Kier molecular flexibility index (Phi) is 5.61. The van der Waals surface area contributed by atoms with E-state index < -0.39 is 10.0 Å². The topological polar surface area (TPSA) is 70.6 Å². The Morgan fingerprint density at radius 3 is 2.41 bits per heavy atom. The van der Waals surface area contributed by atoms with Crippen LogP contribution in [0.15, 0.2) is 53.4 Å². The van der Waals surface area contributed by atoms with E-state index in [2.05, 4.69) is 0 Å². The van der Waals surface area contributed by atoms with E-state index in [1.165, 1.54) is 16.4 Å². The highest BCUT2D eigenvalue weighted by Crippen LogP contribution is 2.40. The molecule has 1 saturated carbocycles. The van der Waals surface area contributed by atoms with Gasteiger partial charge in [-0.15, -0.1) is 0 Å². The van der Waals surface area contributed by atoms with Gasteiger partial charge in [0.05, 0.1) is 16.1 Å². The molecule has 0 radical (unpaired) electrons. The van der Waals surface area contributed by atoms with Crippen LogP contribution < -0.4 is 0 Å². The van der Waals surface area contributed by atoms with Gasteiger partial charge in [0, 0.05) is 48.2 Å². The van der Waals surface area contributed by atoms with Crippen LogP contribution in [0.25, 0.3) is 10.9 Å². The van der Waals surface area contributed by atoms with E-state index in [-0.39, 0.29) is 28.9 Å². The maximum atomic E-state index is 13.4. The first-order chi connectivity index (χ1) is 15.3. The van der Waals surface area contributed by atoms with Crippen molar-refractivity contribution in [3.63, 3.8) is 0 Å². The number of piperazine rings is 1. The van der Waals surface area contributed by atoms with Gasteiger partial charge in [0.1, 0.15) is 4.90 Å². The molecule has 0 unspecified atom stereocenters. The Bertz CT molecular complexity index is 1320. The first-order valence-corrected chi connectivity index (χ1v) is 12.7. The van der Waals surface area contributed by atoms with Crippen molar-refractivity contribution in [1.29, 1.82) is 0 Å². The fraction of sp³-hybridized carbons (Fsp3) is 0.304. The second kappa shape index (κ2) is 8.30. The summed E-state index contributed by atoms with van der Waals surface area (Å²) >= 11 is 12.1. The van der Waals surface area contributed by atoms with Gasteiger partial charge in [0.2, 0.25) is 10.0 Å². The van der Waals surface area contributed by atoms with E-state index in [0.29, 0.717) is 29.6 Å². The predicted octanol–water partition coefficient (Wildman–Crippen LogP) is 4.57. The largest absolute Gasteiger partial charge is 0.336 e. The minimum atomic E-state index is -3.80. The van der Waals surface area contributed by atoms with Gasteiger partial charge in [-0.05, 0) is 43.2 Å². The summed E-state index contributed by atoms with van der Waals surface area (Å²) < 4.78 is 27.5. The van der Waals surface area contributed by atoms with Gasteiger partial charge >= 0.3 is 0 Å². The number of aromatic nitrogens is 1. The van der Waals surface area contributed by atoms with Crippen LogP contribution in [-0.2, 0) is 10.0 Å². The van der Waals surface area contributed by atoms with Crippen molar-refractivity contribution in [1.82, 2.24) is 14.2 Å². The molecule has 5 rings (SSSR count). The van der Waals surface area contributed by atoms with E-state index in [4.69, 9.17) is 28.2 Å². The van der Waals surface area contributed by atoms with Gasteiger partial charge in [0.25, 0.3) is 5.91 Å². The van der Waals surface area contributed by atoms with Crippen molar-refractivity contribution >= 4 is 50.0 Å². The molecule has 6 nitrogen and oxygen atoms in total. The monoisotopic (exact) mass is 489 g/mol. The molecule has 2 aliphatic rings. The lowest BCUT2D eigenvalue weighted by Gasteiger charge is -2.34. The second-order valence-corrected chi connectivity index (χ2v) is 10.9. The number of fused-ring (bicyclic) bond motifs is 1. The summed E-state index contributed by atoms with van der Waals surface area (Å²) in [5.41, 5.74) is 2.41. The molecule has 1 aromatic heterocycles. The van der Waals surface area contributed by atoms with Gasteiger partial charge in [-0.2, -0.15) is 4.31 Å². The molecular formula is C23H21Cl2N3O3S. The lowest BCUT2D eigenvalue weighted by molar-refractivity contribution is 0.0699. The van der Waals surface area contributed by atoms with Crippen LogP contribution in [0.1, 0.15) is 34.8 Å². The molecule has 3 aromatic rings. The van der Waals surface area contributed by atoms with Gasteiger partial charge in [-0.1, -0.05) is 41.4 Å². The molecule has 0 atom stereocenters. The second-order valence-electron chi connectivity index (χ2n) is 8.16. The lowest BCUT2D eigenvalue weighted by atomic mass is 10.0. The van der Waals surface area contributed by atoms with Crippen molar-refractivity contribution < 1.29 is 13.2 Å². The summed E-state index contributed by atoms with van der Waals surface area (Å²) in [4.78, 5) is 19.9. The molecule has 2 aromatic carbocycles. The zero-order chi connectivity index (χ0) is 22.5. The average molecular weight is 490 g/mol. The van der Waals surface area contributed by atoms with Gasteiger partial charge in [-0.3, -0.25) is 9.78 Å². The number of sulfonamides is 1. The first-order valence-electron chi connectivity index (χ1n) is 10.5. The zero-order valence-corrected chi connectivity index (χ0v) is 19.5. The van der Waals surface area contributed by atoms with Crippen LogP contribution in [-0.4, -0.2) is 54.7 Å². The van der Waals surface area contributed by atoms with Crippen LogP contribution in [0.5, 0.6) is 0 Å². The van der Waals surface area contributed by atoms with Crippen molar-refractivity contribution in [2.24, 2.45) is 0 Å². The van der Waals surface area contributed by atoms with Crippen LogP contribution in [0, 0.1) is 0 Å². The number of carbonyl (C=O) groups excluding carboxylic acids is 1. The van der Waals surface area contributed by atoms with E-state index in [9.17, 15) is 13.2 Å². The highest BCUT2D eigenvalue weighted by molar-refractivity contribution is 7.89. The van der Waals surface area contributed by atoms with Gasteiger partial charge in [0.15, 0.2) is 0 Å². The number of para-hydroxylation sites is 1. The highest BCUT2D eigenvalue weighted by Gasteiger charge is 2.33. The third kappa shape index (κ3) is 3.99. The molecule has 0 bridgehead atoms. The number of pyridine rings is 1.